The molecule has 0 radical (unpaired) electrons. The fourth-order valence-corrected chi connectivity index (χ4v) is 2.31. The minimum absolute atomic E-state index is 0.0595. The molecule has 0 aliphatic carbocycles. The van der Waals surface area contributed by atoms with E-state index in [9.17, 15) is 4.79 Å². The Bertz CT molecular complexity index is 669. The van der Waals surface area contributed by atoms with Gasteiger partial charge in [-0.2, -0.15) is 0 Å². The third-order valence-corrected chi connectivity index (χ3v) is 3.70. The van der Waals surface area contributed by atoms with Crippen LogP contribution >= 0.6 is 0 Å². The molecule has 0 fully saturated rings. The molecule has 0 spiro atoms. The molecule has 0 aliphatic rings. The number of methoxy groups -OCH3 is 2. The van der Waals surface area contributed by atoms with Crippen molar-refractivity contribution >= 4 is 5.91 Å². The Hall–Kier alpha value is -2.53. The first kappa shape index (κ1) is 17.8. The van der Waals surface area contributed by atoms with Gasteiger partial charge in [-0.25, -0.2) is 0 Å². The normalized spacial score (nSPS) is 10.3. The van der Waals surface area contributed by atoms with Crippen molar-refractivity contribution in [3.63, 3.8) is 0 Å². The Morgan fingerprint density at radius 3 is 2.42 bits per heavy atom. The van der Waals surface area contributed by atoms with Gasteiger partial charge in [0.2, 0.25) is 0 Å². The molecule has 0 unspecified atom stereocenters. The summed E-state index contributed by atoms with van der Waals surface area (Å²) < 4.78 is 10.6. The number of hydrogen-bond acceptors (Lipinski definition) is 4. The molecule has 24 heavy (non-hydrogen) atoms. The maximum atomic E-state index is 12.0. The molecule has 5 heteroatoms. The Morgan fingerprint density at radius 2 is 1.75 bits per heavy atom. The maximum Gasteiger partial charge on any atom is 0.251 e. The number of rotatable bonds is 8. The standard InChI is InChI=1S/C19H24N2O3/c1-14-4-6-15(7-5-14)19(22)21-11-10-20-13-16-12-17(23-2)8-9-18(16)24-3/h4-9,12,20H,10-11,13H2,1-3H3,(H,21,22). The second-order valence-corrected chi connectivity index (χ2v) is 5.48. The van der Waals surface area contributed by atoms with E-state index < -0.39 is 0 Å². The quantitative estimate of drug-likeness (QED) is 0.731. The highest BCUT2D eigenvalue weighted by Gasteiger charge is 2.06. The summed E-state index contributed by atoms with van der Waals surface area (Å²) in [6.45, 7) is 3.86. The van der Waals surface area contributed by atoms with Gasteiger partial charge in [0, 0.05) is 30.8 Å². The van der Waals surface area contributed by atoms with Crippen molar-refractivity contribution in [1.82, 2.24) is 10.6 Å². The number of amides is 1. The van der Waals surface area contributed by atoms with E-state index in [1.807, 2.05) is 49.4 Å². The van der Waals surface area contributed by atoms with E-state index in [1.165, 1.54) is 0 Å². The third kappa shape index (κ3) is 4.99. The molecule has 0 saturated heterocycles. The van der Waals surface area contributed by atoms with E-state index in [1.54, 1.807) is 14.2 Å². The van der Waals surface area contributed by atoms with Crippen molar-refractivity contribution in [3.05, 3.63) is 59.2 Å². The third-order valence-electron chi connectivity index (χ3n) is 3.70. The number of ether oxygens (including phenoxy) is 2. The molecule has 5 nitrogen and oxygen atoms in total. The number of carbonyl (C=O) groups is 1. The summed E-state index contributed by atoms with van der Waals surface area (Å²) in [6.07, 6.45) is 0. The largest absolute Gasteiger partial charge is 0.497 e. The van der Waals surface area contributed by atoms with Crippen LogP contribution < -0.4 is 20.1 Å². The number of nitrogens with one attached hydrogen (secondary N) is 2. The molecule has 2 aromatic carbocycles. The minimum Gasteiger partial charge on any atom is -0.497 e. The molecule has 0 saturated carbocycles. The molecule has 0 aliphatic heterocycles. The van der Waals surface area contributed by atoms with Crippen LogP contribution in [-0.2, 0) is 6.54 Å². The van der Waals surface area contributed by atoms with Crippen molar-refractivity contribution in [2.75, 3.05) is 27.3 Å². The Labute approximate surface area is 143 Å². The zero-order valence-electron chi connectivity index (χ0n) is 14.4. The van der Waals surface area contributed by atoms with E-state index in [4.69, 9.17) is 9.47 Å². The maximum absolute atomic E-state index is 12.0. The minimum atomic E-state index is -0.0595. The van der Waals surface area contributed by atoms with Crippen LogP contribution in [0.15, 0.2) is 42.5 Å². The van der Waals surface area contributed by atoms with Gasteiger partial charge in [-0.15, -0.1) is 0 Å². The first-order valence-corrected chi connectivity index (χ1v) is 7.90. The molecule has 128 valence electrons. The summed E-state index contributed by atoms with van der Waals surface area (Å²) in [5.41, 5.74) is 2.83. The molecular formula is C19H24N2O3. The van der Waals surface area contributed by atoms with E-state index >= 15 is 0 Å². The fourth-order valence-electron chi connectivity index (χ4n) is 2.31. The van der Waals surface area contributed by atoms with Gasteiger partial charge in [-0.1, -0.05) is 17.7 Å². The van der Waals surface area contributed by atoms with Gasteiger partial charge in [0.25, 0.3) is 5.91 Å². The van der Waals surface area contributed by atoms with Gasteiger partial charge >= 0.3 is 0 Å². The van der Waals surface area contributed by atoms with Crippen LogP contribution in [0.4, 0.5) is 0 Å². The van der Waals surface area contributed by atoms with Gasteiger partial charge in [0.05, 0.1) is 14.2 Å². The van der Waals surface area contributed by atoms with Crippen LogP contribution in [0.25, 0.3) is 0 Å². The summed E-state index contributed by atoms with van der Waals surface area (Å²) in [4.78, 5) is 12.0. The molecule has 1 amide bonds. The summed E-state index contributed by atoms with van der Waals surface area (Å²) in [5, 5.41) is 6.19. The SMILES string of the molecule is COc1ccc(OC)c(CNCCNC(=O)c2ccc(C)cc2)c1. The van der Waals surface area contributed by atoms with Crippen LogP contribution in [0.5, 0.6) is 11.5 Å². The number of aryl methyl sites for hydroxylation is 1. The molecule has 2 rings (SSSR count). The van der Waals surface area contributed by atoms with Crippen molar-refractivity contribution in [3.8, 4) is 11.5 Å². The topological polar surface area (TPSA) is 59.6 Å². The Kier molecular flexibility index (Phi) is 6.63. The van der Waals surface area contributed by atoms with Gasteiger partial charge in [0.1, 0.15) is 11.5 Å². The second-order valence-electron chi connectivity index (χ2n) is 5.48. The lowest BCUT2D eigenvalue weighted by Crippen LogP contribution is -2.31. The lowest BCUT2D eigenvalue weighted by atomic mass is 10.1. The molecule has 2 N–H and O–H groups in total. The van der Waals surface area contributed by atoms with Crippen LogP contribution in [0.2, 0.25) is 0 Å². The van der Waals surface area contributed by atoms with Gasteiger partial charge < -0.3 is 20.1 Å². The molecule has 2 aromatic rings. The van der Waals surface area contributed by atoms with E-state index in [-0.39, 0.29) is 5.91 Å². The van der Waals surface area contributed by atoms with Crippen LogP contribution in [0, 0.1) is 6.92 Å². The predicted molar refractivity (Wildman–Crippen MR) is 94.8 cm³/mol. The molecule has 0 bridgehead atoms. The van der Waals surface area contributed by atoms with Gasteiger partial charge in [-0.05, 0) is 37.3 Å². The highest BCUT2D eigenvalue weighted by atomic mass is 16.5. The average Bonchev–Trinajstić information content (AvgIpc) is 2.61. The summed E-state index contributed by atoms with van der Waals surface area (Å²) in [7, 11) is 3.28. The van der Waals surface area contributed by atoms with Crippen LogP contribution in [-0.4, -0.2) is 33.2 Å². The monoisotopic (exact) mass is 328 g/mol. The number of carbonyl (C=O) groups excluding carboxylic acids is 1. The lowest BCUT2D eigenvalue weighted by molar-refractivity contribution is 0.0954. The Morgan fingerprint density at radius 1 is 1.00 bits per heavy atom. The van der Waals surface area contributed by atoms with Crippen LogP contribution in [0.1, 0.15) is 21.5 Å². The van der Waals surface area contributed by atoms with Crippen molar-refractivity contribution in [2.45, 2.75) is 13.5 Å². The molecule has 0 heterocycles. The van der Waals surface area contributed by atoms with Gasteiger partial charge in [-0.3, -0.25) is 4.79 Å². The van der Waals surface area contributed by atoms with E-state index in [0.717, 1.165) is 22.6 Å². The molecule has 0 aromatic heterocycles. The van der Waals surface area contributed by atoms with Crippen molar-refractivity contribution in [1.29, 1.82) is 0 Å². The zero-order chi connectivity index (χ0) is 17.4. The average molecular weight is 328 g/mol. The summed E-state index contributed by atoms with van der Waals surface area (Å²) >= 11 is 0. The first-order valence-electron chi connectivity index (χ1n) is 7.90. The van der Waals surface area contributed by atoms with Gasteiger partial charge in [0.15, 0.2) is 0 Å². The predicted octanol–water partition coefficient (Wildman–Crippen LogP) is 2.53. The highest BCUT2D eigenvalue weighted by molar-refractivity contribution is 5.94. The number of benzene rings is 2. The second kappa shape index (κ2) is 8.93. The molecule has 0 atom stereocenters. The van der Waals surface area contributed by atoms with Crippen LogP contribution in [0.3, 0.4) is 0 Å². The Balaban J connectivity index is 1.77. The molecular weight excluding hydrogens is 304 g/mol. The van der Waals surface area contributed by atoms with Crippen molar-refractivity contribution < 1.29 is 14.3 Å². The number of hydrogen-bond donors (Lipinski definition) is 2. The fraction of sp³-hybridized carbons (Fsp3) is 0.316. The van der Waals surface area contributed by atoms with Crippen molar-refractivity contribution in [2.24, 2.45) is 0 Å². The van der Waals surface area contributed by atoms with E-state index in [2.05, 4.69) is 10.6 Å². The summed E-state index contributed by atoms with van der Waals surface area (Å²) in [5.74, 6) is 1.54. The zero-order valence-corrected chi connectivity index (χ0v) is 14.4. The summed E-state index contributed by atoms with van der Waals surface area (Å²) in [6, 6.07) is 13.2. The van der Waals surface area contributed by atoms with E-state index in [0.29, 0.717) is 25.2 Å². The first-order chi connectivity index (χ1) is 11.6. The highest BCUT2D eigenvalue weighted by Crippen LogP contribution is 2.23. The lowest BCUT2D eigenvalue weighted by Gasteiger charge is -2.12. The smallest absolute Gasteiger partial charge is 0.251 e.